The number of nitrogens with zero attached hydrogens (tertiary/aromatic N) is 1. The zero-order valence-corrected chi connectivity index (χ0v) is 19.8. The number of halogens is 2. The van der Waals surface area contributed by atoms with Gasteiger partial charge in [0.1, 0.15) is 17.3 Å². The summed E-state index contributed by atoms with van der Waals surface area (Å²) in [5, 5.41) is 11.1. The molecule has 3 aromatic carbocycles. The van der Waals surface area contributed by atoms with E-state index in [0.29, 0.717) is 22.8 Å². The van der Waals surface area contributed by atoms with Gasteiger partial charge in [-0.3, -0.25) is 14.5 Å². The molecule has 0 bridgehead atoms. The van der Waals surface area contributed by atoms with Crippen molar-refractivity contribution in [2.45, 2.75) is 6.04 Å². The van der Waals surface area contributed by atoms with Gasteiger partial charge in [-0.2, -0.15) is 0 Å². The Kier molecular flexibility index (Phi) is 6.66. The van der Waals surface area contributed by atoms with Crippen molar-refractivity contribution in [2.75, 3.05) is 26.2 Å². The van der Waals surface area contributed by atoms with Crippen LogP contribution in [0.3, 0.4) is 0 Å². The molecule has 1 aliphatic heterocycles. The lowest BCUT2D eigenvalue weighted by molar-refractivity contribution is -0.132. The van der Waals surface area contributed by atoms with Gasteiger partial charge in [0.05, 0.1) is 38.0 Å². The molecule has 1 aliphatic rings. The Bertz CT molecular complexity index is 1360. The molecule has 0 spiro atoms. The number of methoxy groups -OCH3 is 3. The minimum Gasteiger partial charge on any atom is -0.507 e. The molecular formula is C26H21ClFNO6. The predicted molar refractivity (Wildman–Crippen MR) is 129 cm³/mol. The first kappa shape index (κ1) is 24.1. The number of anilines is 1. The summed E-state index contributed by atoms with van der Waals surface area (Å²) in [6.45, 7) is 0. The zero-order valence-electron chi connectivity index (χ0n) is 19.0. The summed E-state index contributed by atoms with van der Waals surface area (Å²) in [7, 11) is 4.40. The summed E-state index contributed by atoms with van der Waals surface area (Å²) in [6.07, 6.45) is 0. The van der Waals surface area contributed by atoms with Crippen LogP contribution in [-0.4, -0.2) is 38.1 Å². The van der Waals surface area contributed by atoms with Crippen LogP contribution in [0.25, 0.3) is 5.76 Å². The average molecular weight is 498 g/mol. The summed E-state index contributed by atoms with van der Waals surface area (Å²) in [5.74, 6) is -1.66. The quantitative estimate of drug-likeness (QED) is 0.289. The molecule has 1 fully saturated rings. The number of Topliss-reactive ketones (excluding diaryl/α,β-unsaturated/α-hetero) is 1. The Morgan fingerprint density at radius 2 is 1.69 bits per heavy atom. The molecule has 4 rings (SSSR count). The summed E-state index contributed by atoms with van der Waals surface area (Å²) < 4.78 is 29.7. The smallest absolute Gasteiger partial charge is 0.300 e. The third kappa shape index (κ3) is 4.28. The van der Waals surface area contributed by atoms with Gasteiger partial charge in [-0.15, -0.1) is 0 Å². The third-order valence-corrected chi connectivity index (χ3v) is 5.98. The van der Waals surface area contributed by atoms with Crippen LogP contribution < -0.4 is 19.1 Å². The number of carbonyl (C=O) groups excluding carboxylic acids is 2. The van der Waals surface area contributed by atoms with Crippen LogP contribution in [0, 0.1) is 5.82 Å². The number of carbonyl (C=O) groups is 2. The second-order valence-corrected chi connectivity index (χ2v) is 8.02. The molecule has 0 saturated carbocycles. The molecule has 1 saturated heterocycles. The van der Waals surface area contributed by atoms with E-state index in [0.717, 1.165) is 6.07 Å². The molecule has 35 heavy (non-hydrogen) atoms. The fourth-order valence-corrected chi connectivity index (χ4v) is 4.17. The van der Waals surface area contributed by atoms with Crippen molar-refractivity contribution >= 4 is 34.7 Å². The molecule has 1 atom stereocenters. The molecule has 1 unspecified atom stereocenters. The SMILES string of the molecule is COc1cccc(C2/C(=C(\O)c3ccc(OC)c(OC)c3)C(=O)C(=O)N2c2ccc(F)c(Cl)c2)c1. The highest BCUT2D eigenvalue weighted by Gasteiger charge is 2.47. The van der Waals surface area contributed by atoms with E-state index in [-0.39, 0.29) is 21.8 Å². The largest absolute Gasteiger partial charge is 0.507 e. The summed E-state index contributed by atoms with van der Waals surface area (Å²) in [4.78, 5) is 27.7. The molecule has 1 amide bonds. The van der Waals surface area contributed by atoms with Gasteiger partial charge >= 0.3 is 0 Å². The normalized spacial score (nSPS) is 16.9. The minimum atomic E-state index is -1.04. The molecular weight excluding hydrogens is 477 g/mol. The van der Waals surface area contributed by atoms with Crippen LogP contribution >= 0.6 is 11.6 Å². The second-order valence-electron chi connectivity index (χ2n) is 7.61. The summed E-state index contributed by atoms with van der Waals surface area (Å²) >= 11 is 5.97. The number of amides is 1. The highest BCUT2D eigenvalue weighted by Crippen LogP contribution is 2.44. The molecule has 1 heterocycles. The van der Waals surface area contributed by atoms with Gasteiger partial charge in [0, 0.05) is 11.3 Å². The van der Waals surface area contributed by atoms with Crippen molar-refractivity contribution in [3.8, 4) is 17.2 Å². The maximum atomic E-state index is 13.8. The first-order chi connectivity index (χ1) is 16.8. The van der Waals surface area contributed by atoms with Gasteiger partial charge < -0.3 is 19.3 Å². The van der Waals surface area contributed by atoms with Gasteiger partial charge in [0.15, 0.2) is 11.5 Å². The van der Waals surface area contributed by atoms with E-state index in [2.05, 4.69) is 0 Å². The molecule has 9 heteroatoms. The Balaban J connectivity index is 1.96. The Morgan fingerprint density at radius 3 is 2.34 bits per heavy atom. The molecule has 0 aliphatic carbocycles. The van der Waals surface area contributed by atoms with E-state index in [1.165, 1.54) is 44.4 Å². The Morgan fingerprint density at radius 1 is 0.943 bits per heavy atom. The van der Waals surface area contributed by atoms with Crippen molar-refractivity contribution in [3.05, 3.63) is 88.2 Å². The standard InChI is InChI=1S/C26H21ClFNO6/c1-33-17-6-4-5-14(11-17)23-22(24(30)15-7-10-20(34-2)21(12-15)35-3)25(31)26(32)29(23)16-8-9-19(28)18(27)13-16/h4-13,23,30H,1-3H3/b24-22+. The summed E-state index contributed by atoms with van der Waals surface area (Å²) in [6, 6.07) is 14.0. The number of benzene rings is 3. The maximum absolute atomic E-state index is 13.8. The number of ketones is 1. The van der Waals surface area contributed by atoms with E-state index in [9.17, 15) is 19.1 Å². The average Bonchev–Trinajstić information content (AvgIpc) is 3.15. The van der Waals surface area contributed by atoms with Crippen molar-refractivity contribution in [1.29, 1.82) is 0 Å². The minimum absolute atomic E-state index is 0.157. The van der Waals surface area contributed by atoms with Gasteiger partial charge in [-0.05, 0) is 54.1 Å². The molecule has 0 radical (unpaired) electrons. The molecule has 180 valence electrons. The topological polar surface area (TPSA) is 85.3 Å². The van der Waals surface area contributed by atoms with Crippen molar-refractivity contribution < 1.29 is 33.3 Å². The summed E-state index contributed by atoms with van der Waals surface area (Å²) in [5.41, 5.74) is 0.769. The number of rotatable bonds is 6. The molecule has 1 N–H and O–H groups in total. The lowest BCUT2D eigenvalue weighted by Crippen LogP contribution is -2.29. The van der Waals surface area contributed by atoms with Gasteiger partial charge in [0.2, 0.25) is 0 Å². The number of hydrogen-bond acceptors (Lipinski definition) is 6. The Hall–Kier alpha value is -4.04. The Labute approximate surface area is 205 Å². The lowest BCUT2D eigenvalue weighted by atomic mass is 9.95. The van der Waals surface area contributed by atoms with Crippen LogP contribution in [0.1, 0.15) is 17.2 Å². The monoisotopic (exact) mass is 497 g/mol. The zero-order chi connectivity index (χ0) is 25.3. The molecule has 7 nitrogen and oxygen atoms in total. The van der Waals surface area contributed by atoms with Crippen molar-refractivity contribution in [1.82, 2.24) is 0 Å². The van der Waals surface area contributed by atoms with E-state index in [4.69, 9.17) is 25.8 Å². The third-order valence-electron chi connectivity index (χ3n) is 5.69. The number of aliphatic hydroxyl groups excluding tert-OH is 1. The predicted octanol–water partition coefficient (Wildman–Crippen LogP) is 5.13. The second kappa shape index (κ2) is 9.68. The first-order valence-corrected chi connectivity index (χ1v) is 10.8. The number of aliphatic hydroxyl groups is 1. The van der Waals surface area contributed by atoms with Gasteiger partial charge in [-0.1, -0.05) is 23.7 Å². The highest BCUT2D eigenvalue weighted by molar-refractivity contribution is 6.51. The highest BCUT2D eigenvalue weighted by atomic mass is 35.5. The maximum Gasteiger partial charge on any atom is 0.300 e. The van der Waals surface area contributed by atoms with Crippen LogP contribution in [-0.2, 0) is 9.59 Å². The fourth-order valence-electron chi connectivity index (χ4n) is 4.00. The number of hydrogen-bond donors (Lipinski definition) is 1. The van der Waals surface area contributed by atoms with Crippen molar-refractivity contribution in [2.24, 2.45) is 0 Å². The molecule has 3 aromatic rings. The van der Waals surface area contributed by atoms with Crippen LogP contribution in [0.4, 0.5) is 10.1 Å². The van der Waals surface area contributed by atoms with Gasteiger partial charge in [-0.25, -0.2) is 4.39 Å². The van der Waals surface area contributed by atoms with Crippen LogP contribution in [0.5, 0.6) is 17.2 Å². The van der Waals surface area contributed by atoms with Crippen LogP contribution in [0.15, 0.2) is 66.2 Å². The van der Waals surface area contributed by atoms with Crippen molar-refractivity contribution in [3.63, 3.8) is 0 Å². The number of ether oxygens (including phenoxy) is 3. The van der Waals surface area contributed by atoms with E-state index in [1.54, 1.807) is 36.4 Å². The van der Waals surface area contributed by atoms with Gasteiger partial charge in [0.25, 0.3) is 11.7 Å². The lowest BCUT2D eigenvalue weighted by Gasteiger charge is -2.26. The van der Waals surface area contributed by atoms with E-state index < -0.39 is 29.3 Å². The first-order valence-electron chi connectivity index (χ1n) is 10.4. The van der Waals surface area contributed by atoms with Crippen LogP contribution in [0.2, 0.25) is 5.02 Å². The molecule has 0 aromatic heterocycles. The van der Waals surface area contributed by atoms with E-state index >= 15 is 0 Å². The van der Waals surface area contributed by atoms with E-state index in [1.807, 2.05) is 0 Å². The fraction of sp³-hybridized carbons (Fsp3) is 0.154.